The van der Waals surface area contributed by atoms with Crippen LogP contribution in [-0.2, 0) is 4.79 Å². The largest absolute Gasteiger partial charge is 0.307 e. The van der Waals surface area contributed by atoms with Crippen molar-refractivity contribution in [3.05, 3.63) is 12.2 Å². The summed E-state index contributed by atoms with van der Waals surface area (Å²) < 4.78 is 0.870. The van der Waals surface area contributed by atoms with Crippen molar-refractivity contribution in [1.29, 1.82) is 0 Å². The third kappa shape index (κ3) is 5.24. The lowest BCUT2D eigenvalue weighted by atomic mass is 10.1. The molecule has 0 aromatic heterocycles. The van der Waals surface area contributed by atoms with Gasteiger partial charge in [0.25, 0.3) is 0 Å². The van der Waals surface area contributed by atoms with E-state index in [0.717, 1.165) is 30.4 Å². The Kier molecular flexibility index (Phi) is 8.39. The van der Waals surface area contributed by atoms with Gasteiger partial charge in [-0.2, -0.15) is 0 Å². The van der Waals surface area contributed by atoms with Crippen LogP contribution in [0.15, 0.2) is 17.1 Å². The summed E-state index contributed by atoms with van der Waals surface area (Å²) in [6.45, 7) is 10.0. The lowest BCUT2D eigenvalue weighted by Gasteiger charge is -2.42. The van der Waals surface area contributed by atoms with Crippen molar-refractivity contribution >= 4 is 12.1 Å². The molecule has 3 atom stereocenters. The van der Waals surface area contributed by atoms with Gasteiger partial charge in [0.2, 0.25) is 5.91 Å². The predicted octanol–water partition coefficient (Wildman–Crippen LogP) is 3.63. The number of aliphatic imine (C=N–C) groups is 1. The average molecular weight is 308 g/mol. The number of hydrogen-bond donors (Lipinski definition) is 1. The number of carbonyl (C=O) groups excluding carboxylic acids is 1. The second-order valence-corrected chi connectivity index (χ2v) is 6.31. The summed E-state index contributed by atoms with van der Waals surface area (Å²) in [4.78, 5) is 16.1. The van der Waals surface area contributed by atoms with Crippen LogP contribution in [0.2, 0.25) is 0 Å². The maximum atomic E-state index is 11.4. The van der Waals surface area contributed by atoms with E-state index in [4.69, 9.17) is 4.99 Å². The van der Waals surface area contributed by atoms with E-state index in [-0.39, 0.29) is 12.1 Å². The molecular formula is C18H34N3O+. The highest BCUT2D eigenvalue weighted by atomic mass is 16.1. The van der Waals surface area contributed by atoms with Gasteiger partial charge in [-0.3, -0.25) is 9.28 Å². The number of carbonyl (C=O) groups is 1. The molecule has 0 fully saturated rings. The normalized spacial score (nSPS) is 25.7. The highest BCUT2D eigenvalue weighted by Gasteiger charge is 2.42. The molecule has 0 aliphatic carbocycles. The molecule has 1 N–H and O–H groups in total. The number of quaternary nitrogens is 1. The first-order valence-corrected chi connectivity index (χ1v) is 8.87. The van der Waals surface area contributed by atoms with Gasteiger partial charge >= 0.3 is 0 Å². The minimum atomic E-state index is 0.0480. The van der Waals surface area contributed by atoms with Crippen LogP contribution < -0.4 is 5.32 Å². The fourth-order valence-electron chi connectivity index (χ4n) is 3.41. The Morgan fingerprint density at radius 2 is 2.14 bits per heavy atom. The maximum Gasteiger partial charge on any atom is 0.221 e. The molecule has 0 bridgehead atoms. The minimum Gasteiger partial charge on any atom is -0.307 e. The van der Waals surface area contributed by atoms with Gasteiger partial charge in [-0.05, 0) is 32.6 Å². The second-order valence-electron chi connectivity index (χ2n) is 6.31. The standard InChI is InChI=1S/C18H33N3O/c1-5-7-8-9-10-11-12-13-18-19-14-15-21(18,6-2)16(3)20-17(4)22/h7-8,14,16,18H,5-6,9-13,15H2,1-4H3/p+1/b8-7+. The van der Waals surface area contributed by atoms with Crippen molar-refractivity contribution in [2.24, 2.45) is 4.99 Å². The first-order valence-electron chi connectivity index (χ1n) is 8.87. The highest BCUT2D eigenvalue weighted by molar-refractivity contribution is 5.73. The van der Waals surface area contributed by atoms with Gasteiger partial charge in [-0.15, -0.1) is 0 Å². The molecule has 0 aromatic carbocycles. The molecule has 4 heteroatoms. The zero-order valence-electron chi connectivity index (χ0n) is 14.8. The SMILES string of the molecule is CC/C=C/CCCCCC1N=CC[N+]1(CC)C(C)NC(C)=O. The summed E-state index contributed by atoms with van der Waals surface area (Å²) in [7, 11) is 0. The Morgan fingerprint density at radius 3 is 2.77 bits per heavy atom. The van der Waals surface area contributed by atoms with Crippen LogP contribution >= 0.6 is 0 Å². The fourth-order valence-corrected chi connectivity index (χ4v) is 3.41. The average Bonchev–Trinajstić information content (AvgIpc) is 2.90. The molecule has 22 heavy (non-hydrogen) atoms. The van der Waals surface area contributed by atoms with E-state index in [1.54, 1.807) is 6.92 Å². The second kappa shape index (κ2) is 9.78. The molecule has 0 saturated carbocycles. The van der Waals surface area contributed by atoms with E-state index >= 15 is 0 Å². The molecule has 1 heterocycles. The molecule has 1 aliphatic rings. The monoisotopic (exact) mass is 308 g/mol. The molecule has 1 aliphatic heterocycles. The Hall–Kier alpha value is -1.16. The zero-order valence-corrected chi connectivity index (χ0v) is 14.8. The molecular weight excluding hydrogens is 274 g/mol. The highest BCUT2D eigenvalue weighted by Crippen LogP contribution is 2.26. The summed E-state index contributed by atoms with van der Waals surface area (Å²) in [5.74, 6) is 0.0480. The summed E-state index contributed by atoms with van der Waals surface area (Å²) in [5.41, 5.74) is 0. The van der Waals surface area contributed by atoms with Crippen molar-refractivity contribution in [1.82, 2.24) is 5.32 Å². The van der Waals surface area contributed by atoms with Crippen molar-refractivity contribution in [3.8, 4) is 0 Å². The number of hydrogen-bond acceptors (Lipinski definition) is 2. The van der Waals surface area contributed by atoms with Crippen LogP contribution in [0, 0.1) is 0 Å². The molecule has 0 radical (unpaired) electrons. The third-order valence-corrected chi connectivity index (χ3v) is 4.80. The number of nitrogens with zero attached hydrogens (tertiary/aromatic N) is 2. The van der Waals surface area contributed by atoms with Crippen LogP contribution in [0.1, 0.15) is 66.2 Å². The van der Waals surface area contributed by atoms with Gasteiger partial charge < -0.3 is 5.32 Å². The van der Waals surface area contributed by atoms with Gasteiger partial charge in [0.05, 0.1) is 12.8 Å². The van der Waals surface area contributed by atoms with Crippen LogP contribution in [-0.4, -0.2) is 42.0 Å². The molecule has 126 valence electrons. The summed E-state index contributed by atoms with van der Waals surface area (Å²) in [6, 6.07) is 0. The van der Waals surface area contributed by atoms with Gasteiger partial charge in [0.1, 0.15) is 6.54 Å². The van der Waals surface area contributed by atoms with E-state index in [9.17, 15) is 4.79 Å². The van der Waals surface area contributed by atoms with Gasteiger partial charge in [0.15, 0.2) is 12.3 Å². The van der Waals surface area contributed by atoms with E-state index in [0.29, 0.717) is 6.17 Å². The lowest BCUT2D eigenvalue weighted by Crippen LogP contribution is -2.63. The van der Waals surface area contributed by atoms with Crippen molar-refractivity contribution in [3.63, 3.8) is 0 Å². The molecule has 0 saturated heterocycles. The Balaban J connectivity index is 2.44. The Labute approximate surface area is 136 Å². The fraction of sp³-hybridized carbons (Fsp3) is 0.778. The number of unbranched alkanes of at least 4 members (excludes halogenated alkanes) is 3. The van der Waals surface area contributed by atoms with Crippen LogP contribution in [0.5, 0.6) is 0 Å². The van der Waals surface area contributed by atoms with Crippen molar-refractivity contribution in [2.75, 3.05) is 13.1 Å². The molecule has 1 rings (SSSR count). The van der Waals surface area contributed by atoms with Crippen LogP contribution in [0.25, 0.3) is 0 Å². The molecule has 3 unspecified atom stereocenters. The van der Waals surface area contributed by atoms with Crippen molar-refractivity contribution in [2.45, 2.75) is 78.6 Å². The third-order valence-electron chi connectivity index (χ3n) is 4.80. The Morgan fingerprint density at radius 1 is 1.36 bits per heavy atom. The topological polar surface area (TPSA) is 41.5 Å². The first-order chi connectivity index (χ1) is 10.6. The summed E-state index contributed by atoms with van der Waals surface area (Å²) >= 11 is 0. The Bertz CT molecular complexity index is 392. The van der Waals surface area contributed by atoms with E-state index in [1.807, 2.05) is 0 Å². The van der Waals surface area contributed by atoms with Gasteiger partial charge in [-0.25, -0.2) is 4.99 Å². The molecule has 0 spiro atoms. The first kappa shape index (κ1) is 18.9. The molecule has 1 amide bonds. The van der Waals surface area contributed by atoms with Gasteiger partial charge in [-0.1, -0.05) is 25.5 Å². The minimum absolute atomic E-state index is 0.0480. The molecule has 0 aromatic rings. The number of amides is 1. The van der Waals surface area contributed by atoms with E-state index in [2.05, 4.69) is 44.5 Å². The predicted molar refractivity (Wildman–Crippen MR) is 93.7 cm³/mol. The quantitative estimate of drug-likeness (QED) is 0.374. The lowest BCUT2D eigenvalue weighted by molar-refractivity contribution is -0.959. The maximum absolute atomic E-state index is 11.4. The zero-order chi connectivity index (χ0) is 16.4. The summed E-state index contributed by atoms with van der Waals surface area (Å²) in [5, 5.41) is 3.08. The molecule has 4 nitrogen and oxygen atoms in total. The van der Waals surface area contributed by atoms with E-state index < -0.39 is 0 Å². The number of nitrogens with one attached hydrogen (secondary N) is 1. The smallest absolute Gasteiger partial charge is 0.221 e. The number of allylic oxidation sites excluding steroid dienone is 2. The van der Waals surface area contributed by atoms with Crippen LogP contribution in [0.3, 0.4) is 0 Å². The van der Waals surface area contributed by atoms with Crippen molar-refractivity contribution < 1.29 is 9.28 Å². The van der Waals surface area contributed by atoms with E-state index in [1.165, 1.54) is 25.7 Å². The van der Waals surface area contributed by atoms with Gasteiger partial charge in [0, 0.05) is 20.3 Å². The summed E-state index contributed by atoms with van der Waals surface area (Å²) in [6.07, 6.45) is 14.2. The van der Waals surface area contributed by atoms with Crippen LogP contribution in [0.4, 0.5) is 0 Å². The number of rotatable bonds is 10.